The number of nitrogens with zero attached hydrogens (tertiary/aromatic N) is 2. The summed E-state index contributed by atoms with van der Waals surface area (Å²) in [5, 5.41) is 2.55. The van der Waals surface area contributed by atoms with E-state index in [2.05, 4.69) is 219 Å². The van der Waals surface area contributed by atoms with Gasteiger partial charge in [-0.05, 0) is 98.6 Å². The lowest BCUT2D eigenvalue weighted by atomic mass is 9.81. The Morgan fingerprint density at radius 3 is 1.70 bits per heavy atom. The molecule has 56 heavy (non-hydrogen) atoms. The molecule has 0 amide bonds. The van der Waals surface area contributed by atoms with Crippen molar-refractivity contribution in [2.24, 2.45) is 0 Å². The number of aromatic nitrogens is 1. The lowest BCUT2D eigenvalue weighted by molar-refractivity contribution is 0.659. The minimum atomic E-state index is -0.177. The van der Waals surface area contributed by atoms with E-state index >= 15 is 0 Å². The molecule has 0 spiro atoms. The Morgan fingerprint density at radius 2 is 0.964 bits per heavy atom. The highest BCUT2D eigenvalue weighted by atomic mass is 15.1. The molecule has 8 aromatic carbocycles. The lowest BCUT2D eigenvalue weighted by Gasteiger charge is -2.33. The summed E-state index contributed by atoms with van der Waals surface area (Å²) in [6.07, 6.45) is 0. The van der Waals surface area contributed by atoms with Crippen molar-refractivity contribution in [3.8, 4) is 39.1 Å². The van der Waals surface area contributed by atoms with E-state index in [1.807, 2.05) is 0 Å². The molecule has 2 nitrogen and oxygen atoms in total. The van der Waals surface area contributed by atoms with Crippen LogP contribution in [0.15, 0.2) is 182 Å². The predicted octanol–water partition coefficient (Wildman–Crippen LogP) is 14.5. The number of fused-ring (bicyclic) bond motifs is 9. The summed E-state index contributed by atoms with van der Waals surface area (Å²) < 4.78 is 2.40. The van der Waals surface area contributed by atoms with Gasteiger partial charge >= 0.3 is 0 Å². The molecule has 0 N–H and O–H groups in total. The second-order valence-electron chi connectivity index (χ2n) is 16.5. The minimum Gasteiger partial charge on any atom is -0.310 e. The first kappa shape index (κ1) is 32.8. The fourth-order valence-corrected chi connectivity index (χ4v) is 10.2. The molecule has 0 aliphatic heterocycles. The molecule has 268 valence electrons. The smallest absolute Gasteiger partial charge is 0.0543 e. The van der Waals surface area contributed by atoms with Crippen LogP contribution >= 0.6 is 0 Å². The van der Waals surface area contributed by atoms with Gasteiger partial charge in [-0.25, -0.2) is 0 Å². The van der Waals surface area contributed by atoms with Crippen LogP contribution in [0.2, 0.25) is 0 Å². The third-order valence-corrected chi connectivity index (χ3v) is 12.8. The Kier molecular flexibility index (Phi) is 6.98. The van der Waals surface area contributed by atoms with Crippen LogP contribution in [-0.4, -0.2) is 4.57 Å². The van der Waals surface area contributed by atoms with E-state index in [1.54, 1.807) is 0 Å². The van der Waals surface area contributed by atoms with Crippen LogP contribution in [0.25, 0.3) is 60.9 Å². The van der Waals surface area contributed by atoms with Gasteiger partial charge in [0.2, 0.25) is 0 Å². The number of hydrogen-bond acceptors (Lipinski definition) is 1. The number of anilines is 3. The zero-order valence-electron chi connectivity index (χ0n) is 32.2. The maximum absolute atomic E-state index is 2.54. The lowest BCUT2D eigenvalue weighted by Crippen LogP contribution is -2.21. The Balaban J connectivity index is 1.09. The van der Waals surface area contributed by atoms with Crippen LogP contribution in [0.5, 0.6) is 0 Å². The van der Waals surface area contributed by atoms with Crippen molar-refractivity contribution in [1.29, 1.82) is 0 Å². The van der Waals surface area contributed by atoms with Crippen molar-refractivity contribution >= 4 is 38.9 Å². The van der Waals surface area contributed by atoms with Gasteiger partial charge in [0, 0.05) is 38.5 Å². The first-order valence-electron chi connectivity index (χ1n) is 19.8. The maximum Gasteiger partial charge on any atom is 0.0543 e. The maximum atomic E-state index is 2.54. The van der Waals surface area contributed by atoms with Gasteiger partial charge in [0.1, 0.15) is 0 Å². The van der Waals surface area contributed by atoms with Crippen LogP contribution in [0.1, 0.15) is 49.9 Å². The van der Waals surface area contributed by atoms with E-state index in [0.29, 0.717) is 0 Å². The normalized spacial score (nSPS) is 14.4. The fraction of sp³-hybridized carbons (Fsp3) is 0.111. The fourth-order valence-electron chi connectivity index (χ4n) is 10.2. The van der Waals surface area contributed by atoms with Gasteiger partial charge in [0.15, 0.2) is 0 Å². The summed E-state index contributed by atoms with van der Waals surface area (Å²) >= 11 is 0. The molecule has 0 atom stereocenters. The van der Waals surface area contributed by atoms with E-state index in [0.717, 1.165) is 11.4 Å². The predicted molar refractivity (Wildman–Crippen MR) is 236 cm³/mol. The first-order valence-corrected chi connectivity index (χ1v) is 19.8. The molecule has 2 aliphatic carbocycles. The third kappa shape index (κ3) is 4.56. The summed E-state index contributed by atoms with van der Waals surface area (Å²) in [6, 6.07) is 67.4. The molecule has 1 heterocycles. The highest BCUT2D eigenvalue weighted by molar-refractivity contribution is 6.09. The minimum absolute atomic E-state index is 0.104. The van der Waals surface area contributed by atoms with E-state index in [-0.39, 0.29) is 10.8 Å². The van der Waals surface area contributed by atoms with Gasteiger partial charge in [-0.15, -0.1) is 0 Å². The van der Waals surface area contributed by atoms with Crippen molar-refractivity contribution in [2.45, 2.75) is 38.5 Å². The van der Waals surface area contributed by atoms with Gasteiger partial charge in [-0.1, -0.05) is 161 Å². The zero-order chi connectivity index (χ0) is 37.8. The largest absolute Gasteiger partial charge is 0.310 e. The molecule has 0 radical (unpaired) electrons. The number of hydrogen-bond donors (Lipinski definition) is 0. The average Bonchev–Trinajstić information content (AvgIpc) is 3.79. The molecule has 2 heteroatoms. The Hall–Kier alpha value is -6.64. The highest BCUT2D eigenvalue weighted by Crippen LogP contribution is 2.58. The molecule has 0 saturated carbocycles. The SMILES string of the molecule is CC1(C)c2ccccc2-c2c(N(c3ccc(-c4cccc(-n5c6ccccc6c6ccccc65)c4)cc3)c3cccc4c3C(C)(C)c3ccccc3-4)cccc21. The van der Waals surface area contributed by atoms with Crippen molar-refractivity contribution in [3.63, 3.8) is 0 Å². The molecule has 1 aromatic heterocycles. The van der Waals surface area contributed by atoms with Crippen LogP contribution in [0, 0.1) is 0 Å². The van der Waals surface area contributed by atoms with Crippen molar-refractivity contribution in [2.75, 3.05) is 4.90 Å². The van der Waals surface area contributed by atoms with Crippen molar-refractivity contribution < 1.29 is 0 Å². The van der Waals surface area contributed by atoms with Crippen LogP contribution in [0.4, 0.5) is 17.1 Å². The average molecular weight is 719 g/mol. The number of benzene rings is 8. The van der Waals surface area contributed by atoms with Crippen molar-refractivity contribution in [1.82, 2.24) is 4.57 Å². The second kappa shape index (κ2) is 11.9. The van der Waals surface area contributed by atoms with Gasteiger partial charge < -0.3 is 9.47 Å². The number of para-hydroxylation sites is 2. The summed E-state index contributed by atoms with van der Waals surface area (Å²) in [6.45, 7) is 9.52. The van der Waals surface area contributed by atoms with Gasteiger partial charge in [-0.3, -0.25) is 0 Å². The molecular formula is C54H42N2. The summed E-state index contributed by atoms with van der Waals surface area (Å²) in [5.74, 6) is 0. The zero-order valence-corrected chi connectivity index (χ0v) is 32.2. The van der Waals surface area contributed by atoms with Crippen molar-refractivity contribution in [3.05, 3.63) is 204 Å². The quantitative estimate of drug-likeness (QED) is 0.172. The molecule has 0 unspecified atom stereocenters. The summed E-state index contributed by atoms with van der Waals surface area (Å²) in [7, 11) is 0. The summed E-state index contributed by atoms with van der Waals surface area (Å²) in [5.41, 5.74) is 20.1. The van der Waals surface area contributed by atoms with E-state index in [4.69, 9.17) is 0 Å². The molecule has 11 rings (SSSR count). The second-order valence-corrected chi connectivity index (χ2v) is 16.5. The molecule has 0 bridgehead atoms. The molecule has 9 aromatic rings. The van der Waals surface area contributed by atoms with Crippen LogP contribution in [0.3, 0.4) is 0 Å². The van der Waals surface area contributed by atoms with Crippen LogP contribution in [-0.2, 0) is 10.8 Å². The molecule has 0 saturated heterocycles. The van der Waals surface area contributed by atoms with E-state index in [9.17, 15) is 0 Å². The van der Waals surface area contributed by atoms with Gasteiger partial charge in [-0.2, -0.15) is 0 Å². The van der Waals surface area contributed by atoms with Crippen LogP contribution < -0.4 is 4.90 Å². The van der Waals surface area contributed by atoms with E-state index in [1.165, 1.54) is 88.8 Å². The third-order valence-electron chi connectivity index (χ3n) is 12.8. The Labute approximate surface area is 328 Å². The topological polar surface area (TPSA) is 8.17 Å². The molecule has 2 aliphatic rings. The highest BCUT2D eigenvalue weighted by Gasteiger charge is 2.41. The first-order chi connectivity index (χ1) is 27.3. The summed E-state index contributed by atoms with van der Waals surface area (Å²) in [4.78, 5) is 2.54. The standard InChI is InChI=1S/C54H42N2/c1-53(2)45-24-10-6-21-43(45)51-46(53)25-15-28-49(51)55(50-29-14-22-42-39-18-5-9-23-44(39)54(3,4)52(42)50)37-32-30-35(31-33-37)36-16-13-17-38(34-36)56-47-26-11-7-19-40(47)41-20-8-12-27-48(41)56/h5-34H,1-4H3. The Bertz CT molecular complexity index is 2980. The molecule has 0 fully saturated rings. The number of rotatable bonds is 5. The monoisotopic (exact) mass is 718 g/mol. The van der Waals surface area contributed by atoms with Gasteiger partial charge in [0.25, 0.3) is 0 Å². The Morgan fingerprint density at radius 1 is 0.411 bits per heavy atom. The van der Waals surface area contributed by atoms with E-state index < -0.39 is 0 Å². The molecular weight excluding hydrogens is 677 g/mol. The van der Waals surface area contributed by atoms with Gasteiger partial charge in [0.05, 0.1) is 22.4 Å².